The van der Waals surface area contributed by atoms with E-state index in [1.54, 1.807) is 0 Å². The molecule has 0 bridgehead atoms. The number of phenols is 1. The summed E-state index contributed by atoms with van der Waals surface area (Å²) in [5.74, 6) is -0.987. The zero-order valence-electron chi connectivity index (χ0n) is 12.8. The molecule has 2 rings (SSSR count). The molecule has 136 valence electrons. The van der Waals surface area contributed by atoms with Crippen LogP contribution in [0.1, 0.15) is 6.92 Å². The largest absolute Gasteiger partial charge is 0.296 e. The maximum atomic E-state index is 11.1. The maximum absolute atomic E-state index is 11.1. The monoisotopic (exact) mass is 434 g/mol. The minimum absolute atomic E-state index is 0.0602. The number of nitrogens with one attached hydrogen (secondary N) is 1. The molecule has 0 unspecified atom stereocenters. The first-order valence-electron chi connectivity index (χ1n) is 6.46. The second kappa shape index (κ2) is 8.28. The third kappa shape index (κ3) is 6.69. The number of benzene rings is 1. The van der Waals surface area contributed by atoms with Gasteiger partial charge in [-0.25, -0.2) is 0 Å². The fourth-order valence-corrected chi connectivity index (χ4v) is 3.79. The second-order valence-electron chi connectivity index (χ2n) is 4.56. The molecule has 10 nitrogen and oxygen atoms in total. The van der Waals surface area contributed by atoms with Gasteiger partial charge in [0.05, 0.1) is 0 Å². The molecule has 2 aromatic rings. The summed E-state index contributed by atoms with van der Waals surface area (Å²) in [5.41, 5.74) is -0.0602. The van der Waals surface area contributed by atoms with E-state index in [-0.39, 0.29) is 10.6 Å². The first-order valence-corrected chi connectivity index (χ1v) is 11.3. The van der Waals surface area contributed by atoms with Gasteiger partial charge in [0.2, 0.25) is 0 Å². The molecule has 0 aliphatic carbocycles. The van der Waals surface area contributed by atoms with Gasteiger partial charge in [0.1, 0.15) is 4.90 Å². The molecule has 0 saturated carbocycles. The molecule has 0 aliphatic rings. The van der Waals surface area contributed by atoms with E-state index < -0.39 is 40.3 Å². The Labute approximate surface area is 145 Å². The van der Waals surface area contributed by atoms with Crippen molar-refractivity contribution in [3.05, 3.63) is 42.7 Å². The molecule has 0 radical (unpaired) electrons. The van der Waals surface area contributed by atoms with E-state index in [1.165, 1.54) is 37.4 Å². The first-order chi connectivity index (χ1) is 11.4. The Balaban J connectivity index is 0.000000271. The topological polar surface area (TPSA) is 174 Å². The zero-order chi connectivity index (χ0) is 19.3. The molecular formula is C13H15AsN2O8S. The van der Waals surface area contributed by atoms with Gasteiger partial charge in [0.25, 0.3) is 10.1 Å². The van der Waals surface area contributed by atoms with Gasteiger partial charge in [0, 0.05) is 12.4 Å². The van der Waals surface area contributed by atoms with Gasteiger partial charge in [-0.1, -0.05) is 0 Å². The summed E-state index contributed by atoms with van der Waals surface area (Å²) in [7, 11) is -4.07. The molecule has 0 atom stereocenters. The summed E-state index contributed by atoms with van der Waals surface area (Å²) in [6, 6.07) is 6.55. The van der Waals surface area contributed by atoms with E-state index in [1.807, 2.05) is 0 Å². The van der Waals surface area contributed by atoms with Crippen molar-refractivity contribution in [1.29, 1.82) is 0 Å². The Hall–Kier alpha value is -2.17. The molecule has 1 heterocycles. The number of hydrogen-bond acceptors (Lipinski definition) is 6. The average molecular weight is 434 g/mol. The summed E-state index contributed by atoms with van der Waals surface area (Å²) in [4.78, 5) is 14.1. The van der Waals surface area contributed by atoms with Gasteiger partial charge in [-0.3, -0.25) is 9.54 Å². The minimum Gasteiger partial charge on any atom is -0.282 e. The normalized spacial score (nSPS) is 11.2. The van der Waals surface area contributed by atoms with Crippen molar-refractivity contribution in [2.75, 3.05) is 5.32 Å². The van der Waals surface area contributed by atoms with Crippen LogP contribution in [0.4, 0.5) is 5.69 Å². The summed E-state index contributed by atoms with van der Waals surface area (Å²) < 4.78 is 57.8. The smallest absolute Gasteiger partial charge is 0.282 e. The number of aromatic hydroxyl groups is 1. The van der Waals surface area contributed by atoms with E-state index in [4.69, 9.17) is 12.7 Å². The molecule has 25 heavy (non-hydrogen) atoms. The van der Waals surface area contributed by atoms with Crippen LogP contribution in [-0.4, -0.2) is 51.3 Å². The van der Waals surface area contributed by atoms with Crippen molar-refractivity contribution in [2.24, 2.45) is 0 Å². The molecule has 0 fully saturated rings. The number of amides is 1. The van der Waals surface area contributed by atoms with Crippen molar-refractivity contribution in [2.45, 2.75) is 11.8 Å². The van der Waals surface area contributed by atoms with Crippen molar-refractivity contribution in [3.8, 4) is 5.75 Å². The minimum atomic E-state index is -5.25. The maximum Gasteiger partial charge on any atom is 0.296 e. The van der Waals surface area contributed by atoms with Crippen LogP contribution >= 0.6 is 0 Å². The number of anilines is 1. The fourth-order valence-electron chi connectivity index (χ4n) is 1.63. The van der Waals surface area contributed by atoms with Crippen molar-refractivity contribution in [3.63, 3.8) is 0 Å². The van der Waals surface area contributed by atoms with Gasteiger partial charge in [-0.05, 0) is 12.1 Å². The predicted octanol–water partition coefficient (Wildman–Crippen LogP) is -0.760. The molecular weight excluding hydrogens is 419 g/mol. The number of carbonyl (C=O) groups excluding carboxylic acids is 1. The van der Waals surface area contributed by atoms with E-state index in [0.29, 0.717) is 0 Å². The summed E-state index contributed by atoms with van der Waals surface area (Å²) >= 11 is -5.25. The van der Waals surface area contributed by atoms with Crippen LogP contribution in [0.2, 0.25) is 0 Å². The van der Waals surface area contributed by atoms with Crippen molar-refractivity contribution >= 4 is 40.2 Å². The Morgan fingerprint density at radius 3 is 2.24 bits per heavy atom. The Morgan fingerprint density at radius 2 is 1.84 bits per heavy atom. The number of rotatable bonds is 3. The van der Waals surface area contributed by atoms with Crippen LogP contribution in [0, 0.1) is 0 Å². The summed E-state index contributed by atoms with van der Waals surface area (Å²) in [5, 5.41) is 11.6. The molecule has 1 aromatic heterocycles. The Morgan fingerprint density at radius 1 is 1.20 bits per heavy atom. The molecule has 0 saturated heterocycles. The quantitative estimate of drug-likeness (QED) is 0.307. The second-order valence-corrected chi connectivity index (χ2v) is 9.20. The fraction of sp³-hybridized carbons (Fsp3) is 0.0769. The van der Waals surface area contributed by atoms with Crippen LogP contribution < -0.4 is 9.67 Å². The zero-order valence-corrected chi connectivity index (χ0v) is 15.5. The van der Waals surface area contributed by atoms with Crippen LogP contribution in [0.25, 0.3) is 0 Å². The van der Waals surface area contributed by atoms with Gasteiger partial charge >= 0.3 is 88.1 Å². The number of aromatic nitrogens is 1. The molecule has 0 aliphatic heterocycles. The summed E-state index contributed by atoms with van der Waals surface area (Å²) in [6.07, 6.45) is 2.50. The number of carbonyl (C=O) groups is 1. The van der Waals surface area contributed by atoms with E-state index in [2.05, 4.69) is 10.3 Å². The molecule has 12 heteroatoms. The number of nitrogens with zero attached hydrogens (tertiary/aromatic N) is 1. The molecule has 1 aromatic carbocycles. The molecule has 5 N–H and O–H groups in total. The Kier molecular flexibility index (Phi) is 6.91. The Bertz CT molecular complexity index is 895. The predicted molar refractivity (Wildman–Crippen MR) is 87.0 cm³/mol. The number of hydrogen-bond donors (Lipinski definition) is 5. The van der Waals surface area contributed by atoms with Gasteiger partial charge in [0.15, 0.2) is 0 Å². The van der Waals surface area contributed by atoms with Crippen LogP contribution in [0.3, 0.4) is 0 Å². The van der Waals surface area contributed by atoms with E-state index >= 15 is 0 Å². The van der Waals surface area contributed by atoms with Gasteiger partial charge in [-0.15, -0.1) is 0 Å². The van der Waals surface area contributed by atoms with E-state index in [9.17, 15) is 22.1 Å². The number of pyridine rings is 1. The van der Waals surface area contributed by atoms with Crippen molar-refractivity contribution in [1.82, 2.24) is 4.98 Å². The van der Waals surface area contributed by atoms with Gasteiger partial charge in [-0.2, -0.15) is 8.42 Å². The van der Waals surface area contributed by atoms with Crippen molar-refractivity contribution < 1.29 is 34.8 Å². The number of phenolic OH excluding ortho intramolecular Hbond substituents is 1. The molecule has 0 spiro atoms. The summed E-state index contributed by atoms with van der Waals surface area (Å²) in [6.45, 7) is 1.21. The van der Waals surface area contributed by atoms with Crippen LogP contribution in [-0.2, 0) is 18.7 Å². The third-order valence-electron chi connectivity index (χ3n) is 2.55. The van der Waals surface area contributed by atoms with Crippen LogP contribution in [0.15, 0.2) is 47.6 Å². The first kappa shape index (κ1) is 20.9. The van der Waals surface area contributed by atoms with Crippen LogP contribution in [0.5, 0.6) is 5.75 Å². The molecule has 1 amide bonds. The average Bonchev–Trinajstić information content (AvgIpc) is 2.46. The standard InChI is InChI=1S/C8H10AsNO5.C5H5NO3S/c1-5(11)10-6-3-2-4-7(12)8(6)9(13,14)15;7-10(8,9)5-2-1-3-6-4-5/h2-4,12H,1H3,(H,10,11)(H2,13,14,15);1-4H,(H,7,8,9). The van der Waals surface area contributed by atoms with E-state index in [0.717, 1.165) is 12.3 Å². The third-order valence-corrected chi connectivity index (χ3v) is 5.59. The SMILES string of the molecule is CC(=O)Nc1cccc(O)c1[As](=O)(O)O.O=S(=O)(O)c1cccnc1. The van der Waals surface area contributed by atoms with Gasteiger partial charge < -0.3 is 0 Å².